The molecule has 8 N–H and O–H groups in total. The van der Waals surface area contributed by atoms with Crippen molar-refractivity contribution in [3.63, 3.8) is 0 Å². The Bertz CT molecular complexity index is 2620. The fourth-order valence-corrected chi connectivity index (χ4v) is 8.77. The molecule has 28 nitrogen and oxygen atoms in total. The zero-order valence-corrected chi connectivity index (χ0v) is 51.0. The van der Waals surface area contributed by atoms with Gasteiger partial charge >= 0.3 is 18.2 Å². The van der Waals surface area contributed by atoms with Gasteiger partial charge in [0.1, 0.15) is 43.1 Å². The summed E-state index contributed by atoms with van der Waals surface area (Å²) >= 11 is 0. The number of likely N-dealkylation sites (N-methyl/N-ethyl adjacent to an activating group) is 2. The lowest BCUT2D eigenvalue weighted by molar-refractivity contribution is -0.230. The van der Waals surface area contributed by atoms with Gasteiger partial charge in [0.05, 0.1) is 52.3 Å². The maximum atomic E-state index is 13.6. The van der Waals surface area contributed by atoms with E-state index in [0.29, 0.717) is 30.5 Å². The Labute approximate surface area is 506 Å². The molecule has 0 bridgehead atoms. The first kappa shape index (κ1) is 74.1. The number of cyclic esters (lactones) is 1. The molecule has 0 spiro atoms. The molecular formula is C58H85N7O21P-. The first-order chi connectivity index (χ1) is 41.1. The van der Waals surface area contributed by atoms with Crippen LogP contribution < -0.4 is 26.6 Å². The molecule has 87 heavy (non-hydrogen) atoms. The van der Waals surface area contributed by atoms with Crippen LogP contribution in [0.5, 0.6) is 0 Å². The predicted molar refractivity (Wildman–Crippen MR) is 312 cm³/mol. The van der Waals surface area contributed by atoms with E-state index in [-0.39, 0.29) is 122 Å². The van der Waals surface area contributed by atoms with Crippen LogP contribution in [0.1, 0.15) is 84.6 Å². The molecule has 0 aliphatic carbocycles. The average Bonchev–Trinajstić information content (AvgIpc) is 3.44. The Balaban J connectivity index is 1.37. The number of unbranched alkanes of at least 4 members (excludes halogenated alkanes) is 1. The number of primary amides is 1. The Morgan fingerprint density at radius 1 is 0.885 bits per heavy atom. The van der Waals surface area contributed by atoms with Gasteiger partial charge in [0.2, 0.25) is 35.4 Å². The number of rotatable bonds is 40. The van der Waals surface area contributed by atoms with Crippen molar-refractivity contribution in [2.45, 2.75) is 122 Å². The zero-order chi connectivity index (χ0) is 64.5. The maximum Gasteiger partial charge on any atom is 0.409 e. The molecule has 1 aromatic carbocycles. The van der Waals surface area contributed by atoms with Crippen molar-refractivity contribution < 1.29 is 101 Å². The van der Waals surface area contributed by atoms with Crippen LogP contribution >= 0.6 is 7.82 Å². The number of ether oxygens (including phenoxy) is 6. The van der Waals surface area contributed by atoms with Crippen molar-refractivity contribution in [2.24, 2.45) is 17.6 Å². The van der Waals surface area contributed by atoms with Gasteiger partial charge in [-0.1, -0.05) is 81.9 Å². The standard InChI is InChI=1S/C58H86N7O21P/c1-40(2)52(62-49(68)25-31-80-33-35-82-36-34-81-32-29-65-50(69)37-41(3)55(65)73)54(72)61-46(17-11-12-18-48(59)67)53(71)60-43-22-20-42(21-23-43)39-84-57(75)64(6)28-27-63(5)56(74)83-30-13-9-7-8-10-15-44(66)38-47(86-87(77,78)79)58(4,76)26-24-45-16-14-19-51(70)85-45/h7-10,13-15,19-24,26,40-41,44-47,52,66,76H,11-12,16-18,25,27-39H2,1-6H3,(H2,59,67)(H,60,71)(H,61,72)(H,62,68)(H2,77,78,79)/p-1/b8-7-,13-9-,15-10-,26-24+/t41?,44-,45+,46+,47+,52+,58+/m1/s1. The van der Waals surface area contributed by atoms with E-state index in [2.05, 4.69) is 20.5 Å². The summed E-state index contributed by atoms with van der Waals surface area (Å²) in [5.74, 6) is -3.78. The summed E-state index contributed by atoms with van der Waals surface area (Å²) in [6.45, 7) is 7.70. The minimum atomic E-state index is -5.35. The minimum absolute atomic E-state index is 0.0468. The smallest absolute Gasteiger partial charge is 0.409 e. The van der Waals surface area contributed by atoms with Crippen molar-refractivity contribution in [3.05, 3.63) is 90.6 Å². The highest BCUT2D eigenvalue weighted by molar-refractivity contribution is 7.44. The number of carbonyl (C=O) groups is 9. The lowest BCUT2D eigenvalue weighted by atomic mass is 9.93. The number of imide groups is 1. The predicted octanol–water partition coefficient (Wildman–Crippen LogP) is 2.21. The van der Waals surface area contributed by atoms with Crippen LogP contribution in [0.15, 0.2) is 85.0 Å². The van der Waals surface area contributed by atoms with Crippen molar-refractivity contribution in [1.29, 1.82) is 0 Å². The summed E-state index contributed by atoms with van der Waals surface area (Å²) in [5.41, 5.74) is 4.23. The number of hydrogen-bond donors (Lipinski definition) is 7. The molecule has 2 aliphatic rings. The van der Waals surface area contributed by atoms with Gasteiger partial charge in [0.15, 0.2) is 0 Å². The molecule has 8 atom stereocenters. The average molecular weight is 1250 g/mol. The number of phosphoric acid groups is 1. The number of benzene rings is 1. The van der Waals surface area contributed by atoms with Crippen LogP contribution in [0.25, 0.3) is 0 Å². The summed E-state index contributed by atoms with van der Waals surface area (Å²) in [5, 5.41) is 29.7. The quantitative estimate of drug-likeness (QED) is 0.00942. The third-order valence-electron chi connectivity index (χ3n) is 13.2. The number of esters is 1. The number of nitrogens with one attached hydrogen (secondary N) is 3. The second-order valence-electron chi connectivity index (χ2n) is 21.1. The number of anilines is 1. The number of phosphoric ester groups is 1. The number of amides is 8. The van der Waals surface area contributed by atoms with Crippen molar-refractivity contribution in [3.8, 4) is 0 Å². The lowest BCUT2D eigenvalue weighted by Gasteiger charge is -2.34. The Hall–Kier alpha value is -7.14. The molecule has 1 aromatic rings. The highest BCUT2D eigenvalue weighted by atomic mass is 31.2. The fourth-order valence-electron chi connectivity index (χ4n) is 8.15. The largest absolute Gasteiger partial charge is 0.756 e. The second-order valence-corrected chi connectivity index (χ2v) is 22.2. The topological polar surface area (TPSA) is 391 Å². The van der Waals surface area contributed by atoms with Crippen LogP contribution in [0.2, 0.25) is 0 Å². The van der Waals surface area contributed by atoms with E-state index < -0.39 is 92.0 Å². The van der Waals surface area contributed by atoms with Gasteiger partial charge in [-0.25, -0.2) is 14.4 Å². The first-order valence-corrected chi connectivity index (χ1v) is 29.9. The number of likely N-dealkylation sites (tertiary alicyclic amines) is 1. The van der Waals surface area contributed by atoms with E-state index in [1.165, 1.54) is 72.2 Å². The molecule has 29 heteroatoms. The van der Waals surface area contributed by atoms with Crippen LogP contribution in [-0.4, -0.2) is 199 Å². The number of allylic oxidation sites excluding steroid dienone is 4. The van der Waals surface area contributed by atoms with E-state index in [0.717, 1.165) is 6.08 Å². The number of carbonyl (C=O) groups excluding carboxylic acids is 9. The number of nitrogens with two attached hydrogens (primary N) is 1. The molecular weight excluding hydrogens is 1160 g/mol. The molecule has 2 unspecified atom stereocenters. The number of aliphatic hydroxyl groups is 2. The van der Waals surface area contributed by atoms with E-state index >= 15 is 0 Å². The lowest BCUT2D eigenvalue weighted by Crippen LogP contribution is -2.54. The van der Waals surface area contributed by atoms with Gasteiger partial charge in [0.25, 0.3) is 7.82 Å². The van der Waals surface area contributed by atoms with E-state index in [4.69, 9.17) is 34.2 Å². The number of nitrogens with zero attached hydrogens (tertiary/aromatic N) is 3. The van der Waals surface area contributed by atoms with Gasteiger partial charge in [-0.3, -0.25) is 38.2 Å². The van der Waals surface area contributed by atoms with E-state index in [9.17, 15) is 67.7 Å². The fraction of sp³-hybridized carbons (Fsp3) is 0.569. The highest BCUT2D eigenvalue weighted by Crippen LogP contribution is 2.38. The van der Waals surface area contributed by atoms with Crippen LogP contribution in [-0.2, 0) is 77.7 Å². The monoisotopic (exact) mass is 1250 g/mol. The second kappa shape index (κ2) is 38.9. The minimum Gasteiger partial charge on any atom is -0.756 e. The molecule has 2 heterocycles. The van der Waals surface area contributed by atoms with Gasteiger partial charge in [-0.2, -0.15) is 0 Å². The van der Waals surface area contributed by atoms with Gasteiger partial charge in [-0.05, 0) is 55.5 Å². The normalized spacial score (nSPS) is 18.1. The van der Waals surface area contributed by atoms with Crippen LogP contribution in [0, 0.1) is 11.8 Å². The summed E-state index contributed by atoms with van der Waals surface area (Å²) in [4.78, 5) is 137. The van der Waals surface area contributed by atoms with Gasteiger partial charge in [0, 0.05) is 77.0 Å². The van der Waals surface area contributed by atoms with Gasteiger partial charge < -0.3 is 84.4 Å². The zero-order valence-electron chi connectivity index (χ0n) is 50.1. The molecule has 1 saturated heterocycles. The molecule has 484 valence electrons. The number of aliphatic hydroxyl groups excluding tert-OH is 1. The third-order valence-corrected chi connectivity index (χ3v) is 13.7. The van der Waals surface area contributed by atoms with Crippen molar-refractivity contribution in [1.82, 2.24) is 25.3 Å². The Morgan fingerprint density at radius 2 is 1.52 bits per heavy atom. The number of hydrogen-bond acceptors (Lipinski definition) is 20. The molecule has 2 aliphatic heterocycles. The molecule has 3 rings (SSSR count). The van der Waals surface area contributed by atoms with Crippen LogP contribution in [0.4, 0.5) is 15.3 Å². The molecule has 0 saturated carbocycles. The summed E-state index contributed by atoms with van der Waals surface area (Å²) in [6.07, 6.45) is 10.1. The maximum absolute atomic E-state index is 13.6. The highest BCUT2D eigenvalue weighted by Gasteiger charge is 2.36. The SMILES string of the molecule is CC1CC(=O)N(CCOCCOCCOCCC(=O)N[C@H](C(=O)N[C@@H](CCCCC(N)=O)C(=O)Nc2ccc(COC(=O)N(C)CCN(C)C(=O)OC\C=C/C=C\C=C/[C@@H](O)C[C@H](OP(=O)([O-])O)[C@@](C)(O)/C=C/[C@@H]3CC=CC(=O)O3)cc2)C(C)C)C1=O. The molecule has 1 fully saturated rings. The van der Waals surface area contributed by atoms with Crippen LogP contribution in [0.3, 0.4) is 0 Å². The first-order valence-electron chi connectivity index (χ1n) is 28.5. The van der Waals surface area contributed by atoms with E-state index in [1.54, 1.807) is 63.3 Å². The van der Waals surface area contributed by atoms with E-state index in [1.807, 2.05) is 0 Å². The molecule has 0 aromatic heterocycles. The Morgan fingerprint density at radius 3 is 2.13 bits per heavy atom. The summed E-state index contributed by atoms with van der Waals surface area (Å²) in [6, 6.07) is 4.36. The van der Waals surface area contributed by atoms with Crippen molar-refractivity contribution >= 4 is 67.1 Å². The molecule has 0 radical (unpaired) electrons. The van der Waals surface area contributed by atoms with Crippen molar-refractivity contribution in [2.75, 3.05) is 85.3 Å². The third kappa shape index (κ3) is 30.4. The summed E-state index contributed by atoms with van der Waals surface area (Å²) < 4.78 is 48.4. The Kier molecular flexibility index (Phi) is 33.1. The molecule has 8 amide bonds. The van der Waals surface area contributed by atoms with Gasteiger partial charge in [-0.15, -0.1) is 0 Å². The summed E-state index contributed by atoms with van der Waals surface area (Å²) in [7, 11) is -2.38.